The second-order valence-corrected chi connectivity index (χ2v) is 9.66. The normalized spacial score (nSPS) is 13.9. The van der Waals surface area contributed by atoms with Crippen molar-refractivity contribution < 1.29 is 39.3 Å². The fourth-order valence-corrected chi connectivity index (χ4v) is 4.14. The van der Waals surface area contributed by atoms with Gasteiger partial charge in [0.05, 0.1) is 6.04 Å². The number of aromatic nitrogens is 1. The Morgan fingerprint density at radius 3 is 2.12 bits per heavy atom. The third kappa shape index (κ3) is 8.80. The van der Waals surface area contributed by atoms with Crippen molar-refractivity contribution in [2.75, 3.05) is 0 Å². The number of para-hydroxylation sites is 1. The van der Waals surface area contributed by atoms with E-state index in [4.69, 9.17) is 10.8 Å². The van der Waals surface area contributed by atoms with Crippen molar-refractivity contribution in [1.82, 2.24) is 20.9 Å². The number of hydrogen-bond acceptors (Lipinski definition) is 7. The average molecular weight is 568 g/mol. The summed E-state index contributed by atoms with van der Waals surface area (Å²) in [5.74, 6) is -4.65. The monoisotopic (exact) mass is 567 g/mol. The van der Waals surface area contributed by atoms with Crippen LogP contribution < -0.4 is 21.7 Å². The Hall–Kier alpha value is -4.91. The number of phenolic OH excluding ortho intramolecular Hbond substituents is 1. The number of carboxylic acids is 2. The molecule has 0 aliphatic carbocycles. The fourth-order valence-electron chi connectivity index (χ4n) is 4.14. The second-order valence-electron chi connectivity index (χ2n) is 9.66. The average Bonchev–Trinajstić information content (AvgIpc) is 3.34. The van der Waals surface area contributed by atoms with E-state index >= 15 is 0 Å². The highest BCUT2D eigenvalue weighted by molar-refractivity contribution is 5.95. The third-order valence-corrected chi connectivity index (χ3v) is 6.48. The largest absolute Gasteiger partial charge is 0.508 e. The van der Waals surface area contributed by atoms with Crippen LogP contribution in [0.5, 0.6) is 5.75 Å². The first kappa shape index (κ1) is 30.6. The number of nitrogens with two attached hydrogens (primary N) is 1. The van der Waals surface area contributed by atoms with Crippen LogP contribution in [0.1, 0.15) is 30.9 Å². The van der Waals surface area contributed by atoms with Crippen molar-refractivity contribution >= 4 is 40.6 Å². The summed E-state index contributed by atoms with van der Waals surface area (Å²) in [6, 6.07) is 8.36. The van der Waals surface area contributed by atoms with Crippen molar-refractivity contribution in [3.8, 4) is 5.75 Å². The van der Waals surface area contributed by atoms with Gasteiger partial charge in [-0.25, -0.2) is 0 Å². The number of carboxylic acid groups (broad SMARTS) is 2. The Morgan fingerprint density at radius 1 is 0.854 bits per heavy atom. The predicted molar refractivity (Wildman–Crippen MR) is 148 cm³/mol. The Kier molecular flexibility index (Phi) is 10.4. The number of carbonyl (C=O) groups is 5. The van der Waals surface area contributed by atoms with Crippen LogP contribution in [0.3, 0.4) is 0 Å². The number of fused-ring (bicyclic) bond motifs is 1. The van der Waals surface area contributed by atoms with Gasteiger partial charge in [0, 0.05) is 36.4 Å². The van der Waals surface area contributed by atoms with Crippen LogP contribution in [0.25, 0.3) is 10.9 Å². The van der Waals surface area contributed by atoms with Crippen LogP contribution >= 0.6 is 0 Å². The molecular formula is C28H33N5O8. The van der Waals surface area contributed by atoms with E-state index in [1.165, 1.54) is 19.1 Å². The minimum Gasteiger partial charge on any atom is -0.508 e. The maximum atomic E-state index is 13.6. The van der Waals surface area contributed by atoms with Crippen LogP contribution in [-0.4, -0.2) is 74.1 Å². The summed E-state index contributed by atoms with van der Waals surface area (Å²) in [4.78, 5) is 64.8. The van der Waals surface area contributed by atoms with Gasteiger partial charge < -0.3 is 42.0 Å². The van der Waals surface area contributed by atoms with Crippen LogP contribution in [-0.2, 0) is 36.8 Å². The Labute approximate surface area is 235 Å². The number of rotatable bonds is 14. The van der Waals surface area contributed by atoms with E-state index < -0.39 is 53.8 Å². The highest BCUT2D eigenvalue weighted by Crippen LogP contribution is 2.19. The van der Waals surface area contributed by atoms with Gasteiger partial charge in [-0.15, -0.1) is 0 Å². The molecule has 3 amide bonds. The molecule has 0 radical (unpaired) electrons. The molecule has 0 fully saturated rings. The number of H-pyrrole nitrogens is 1. The Morgan fingerprint density at radius 2 is 1.46 bits per heavy atom. The lowest BCUT2D eigenvalue weighted by Gasteiger charge is -2.25. The molecule has 3 rings (SSSR count). The lowest BCUT2D eigenvalue weighted by atomic mass is 10.0. The first-order chi connectivity index (χ1) is 19.4. The fraction of sp³-hybridized carbons (Fsp3) is 0.321. The van der Waals surface area contributed by atoms with Gasteiger partial charge in [0.2, 0.25) is 17.7 Å². The number of aromatic hydroxyl groups is 1. The van der Waals surface area contributed by atoms with E-state index in [0.717, 1.165) is 10.9 Å². The maximum Gasteiger partial charge on any atom is 0.325 e. The van der Waals surface area contributed by atoms with Crippen LogP contribution in [0.15, 0.2) is 54.7 Å². The molecule has 0 bridgehead atoms. The summed E-state index contributed by atoms with van der Waals surface area (Å²) in [5, 5.41) is 36.1. The zero-order valence-corrected chi connectivity index (χ0v) is 22.3. The zero-order valence-electron chi connectivity index (χ0n) is 22.3. The minimum atomic E-state index is -1.26. The van der Waals surface area contributed by atoms with Crippen molar-refractivity contribution in [3.05, 3.63) is 65.9 Å². The number of aliphatic carboxylic acids is 2. The summed E-state index contributed by atoms with van der Waals surface area (Å²) in [6.07, 6.45) is 1.14. The number of benzene rings is 2. The summed E-state index contributed by atoms with van der Waals surface area (Å²) in [7, 11) is 0. The van der Waals surface area contributed by atoms with E-state index in [-0.39, 0.29) is 31.4 Å². The molecule has 13 heteroatoms. The summed E-state index contributed by atoms with van der Waals surface area (Å²) >= 11 is 0. The smallest absolute Gasteiger partial charge is 0.325 e. The van der Waals surface area contributed by atoms with Gasteiger partial charge in [-0.2, -0.15) is 0 Å². The van der Waals surface area contributed by atoms with Gasteiger partial charge in [0.1, 0.15) is 23.9 Å². The first-order valence-electron chi connectivity index (χ1n) is 12.9. The third-order valence-electron chi connectivity index (χ3n) is 6.48. The molecule has 0 saturated heterocycles. The van der Waals surface area contributed by atoms with E-state index in [1.807, 2.05) is 24.3 Å². The zero-order chi connectivity index (χ0) is 30.1. The molecule has 13 nitrogen and oxygen atoms in total. The number of phenols is 1. The van der Waals surface area contributed by atoms with Crippen LogP contribution in [0, 0.1) is 0 Å². The van der Waals surface area contributed by atoms with E-state index in [1.54, 1.807) is 18.3 Å². The molecule has 218 valence electrons. The molecule has 1 heterocycles. The van der Waals surface area contributed by atoms with Crippen molar-refractivity contribution in [2.24, 2.45) is 5.73 Å². The number of nitrogens with one attached hydrogen (secondary N) is 4. The summed E-state index contributed by atoms with van der Waals surface area (Å²) in [5.41, 5.74) is 7.91. The molecule has 2 aromatic carbocycles. The lowest BCUT2D eigenvalue weighted by Crippen LogP contribution is -2.58. The van der Waals surface area contributed by atoms with Gasteiger partial charge in [0.25, 0.3) is 0 Å². The molecule has 0 saturated carbocycles. The molecule has 0 spiro atoms. The van der Waals surface area contributed by atoms with Crippen molar-refractivity contribution in [1.29, 1.82) is 0 Å². The van der Waals surface area contributed by atoms with Crippen molar-refractivity contribution in [3.63, 3.8) is 0 Å². The quantitative estimate of drug-likeness (QED) is 0.135. The number of aromatic amines is 1. The molecular weight excluding hydrogens is 534 g/mol. The summed E-state index contributed by atoms with van der Waals surface area (Å²) < 4.78 is 0. The molecule has 4 unspecified atom stereocenters. The number of amides is 3. The number of carbonyl (C=O) groups excluding carboxylic acids is 3. The molecule has 9 N–H and O–H groups in total. The van der Waals surface area contributed by atoms with Gasteiger partial charge >= 0.3 is 11.9 Å². The molecule has 1 aromatic heterocycles. The highest BCUT2D eigenvalue weighted by Gasteiger charge is 2.30. The second kappa shape index (κ2) is 13.9. The highest BCUT2D eigenvalue weighted by atomic mass is 16.4. The number of hydrogen-bond donors (Lipinski definition) is 8. The SMILES string of the molecule is CC(NC(=O)C(Cc1c[nH]c2ccccc12)NC(=O)C(Cc1ccc(O)cc1)NC(=O)C(N)CCC(=O)O)C(=O)O. The molecule has 0 aliphatic heterocycles. The topological polar surface area (TPSA) is 224 Å². The molecule has 41 heavy (non-hydrogen) atoms. The summed E-state index contributed by atoms with van der Waals surface area (Å²) in [6.45, 7) is 1.29. The first-order valence-corrected chi connectivity index (χ1v) is 12.9. The van der Waals surface area contributed by atoms with Gasteiger partial charge in [-0.1, -0.05) is 30.3 Å². The van der Waals surface area contributed by atoms with Gasteiger partial charge in [0.15, 0.2) is 0 Å². The Bertz CT molecular complexity index is 1400. The van der Waals surface area contributed by atoms with Crippen molar-refractivity contribution in [2.45, 2.75) is 56.8 Å². The minimum absolute atomic E-state index is 0.00232. The Balaban J connectivity index is 1.86. The van der Waals surface area contributed by atoms with E-state index in [0.29, 0.717) is 11.1 Å². The van der Waals surface area contributed by atoms with Gasteiger partial charge in [-0.3, -0.25) is 24.0 Å². The van der Waals surface area contributed by atoms with Gasteiger partial charge in [-0.05, 0) is 42.7 Å². The maximum absolute atomic E-state index is 13.6. The molecule has 0 aliphatic rings. The van der Waals surface area contributed by atoms with Crippen LogP contribution in [0.2, 0.25) is 0 Å². The van der Waals surface area contributed by atoms with Crippen LogP contribution in [0.4, 0.5) is 0 Å². The lowest BCUT2D eigenvalue weighted by molar-refractivity contribution is -0.142. The molecule has 3 aromatic rings. The standard InChI is InChI=1S/C28H33N5O8/c1-15(28(40)41)31-26(38)23(13-17-14-30-21-5-3-2-4-19(17)21)33-27(39)22(12-16-6-8-18(34)9-7-16)32-25(37)20(29)10-11-24(35)36/h2-9,14-15,20,22-23,30,34H,10-13,29H2,1H3,(H,31,38)(H,32,37)(H,33,39)(H,35,36)(H,40,41). The predicted octanol–water partition coefficient (Wildman–Crippen LogP) is 0.410. The molecule has 4 atom stereocenters. The van der Waals surface area contributed by atoms with E-state index in [2.05, 4.69) is 20.9 Å². The van der Waals surface area contributed by atoms with E-state index in [9.17, 15) is 34.2 Å².